The highest BCUT2D eigenvalue weighted by Gasteiger charge is 2.62. The van der Waals surface area contributed by atoms with Gasteiger partial charge in [0.25, 0.3) is 0 Å². The zero-order chi connectivity index (χ0) is 30.1. The van der Waals surface area contributed by atoms with E-state index in [9.17, 15) is 9.59 Å². The van der Waals surface area contributed by atoms with Gasteiger partial charge in [0.2, 0.25) is 11.4 Å². The van der Waals surface area contributed by atoms with Crippen LogP contribution in [0.1, 0.15) is 106 Å². The maximum atomic E-state index is 14.0. The molecular weight excluding hydrogens is 525 g/mol. The summed E-state index contributed by atoms with van der Waals surface area (Å²) in [6, 6.07) is 0. The van der Waals surface area contributed by atoms with E-state index in [4.69, 9.17) is 18.3 Å². The van der Waals surface area contributed by atoms with Crippen molar-refractivity contribution in [1.29, 1.82) is 0 Å². The fourth-order valence-corrected chi connectivity index (χ4v) is 6.42. The zero-order valence-corrected chi connectivity index (χ0v) is 29.3. The number of carbonyl (C=O) groups excluding carboxylic acids is 2. The lowest BCUT2D eigenvalue weighted by Gasteiger charge is -2.40. The number of carbonyl (C=O) groups is 2. The molecule has 1 aliphatic rings. The highest BCUT2D eigenvalue weighted by atomic mass is 28.4. The Morgan fingerprint density at radius 3 is 1.95 bits per heavy atom. The molecule has 6 nitrogen and oxygen atoms in total. The smallest absolute Gasteiger partial charge is 0.346 e. The lowest BCUT2D eigenvalue weighted by Crippen LogP contribution is -2.52. The monoisotopic (exact) mass is 584 g/mol. The number of esters is 1. The molecule has 0 amide bonds. The Labute approximate surface area is 242 Å². The van der Waals surface area contributed by atoms with E-state index in [2.05, 4.69) is 80.7 Å². The van der Waals surface area contributed by atoms with Gasteiger partial charge in [0.15, 0.2) is 16.6 Å². The molecule has 39 heavy (non-hydrogen) atoms. The number of unbranched alkanes of at least 4 members (excludes halogenated alkanes) is 7. The van der Waals surface area contributed by atoms with E-state index in [1.807, 2.05) is 6.08 Å². The van der Waals surface area contributed by atoms with Gasteiger partial charge in [-0.25, -0.2) is 4.79 Å². The van der Waals surface area contributed by atoms with Gasteiger partial charge in [0, 0.05) is 6.42 Å². The van der Waals surface area contributed by atoms with Crippen LogP contribution in [0.3, 0.4) is 0 Å². The highest BCUT2D eigenvalue weighted by molar-refractivity contribution is 6.74. The summed E-state index contributed by atoms with van der Waals surface area (Å²) >= 11 is 0. The van der Waals surface area contributed by atoms with Crippen molar-refractivity contribution in [3.8, 4) is 0 Å². The van der Waals surface area contributed by atoms with Crippen LogP contribution in [-0.2, 0) is 27.9 Å². The van der Waals surface area contributed by atoms with E-state index in [0.717, 1.165) is 12.8 Å². The summed E-state index contributed by atoms with van der Waals surface area (Å²) in [5.41, 5.74) is -1.71. The molecule has 1 rings (SSSR count). The third-order valence-electron chi connectivity index (χ3n) is 9.05. The van der Waals surface area contributed by atoms with Gasteiger partial charge < -0.3 is 18.3 Å². The molecule has 1 fully saturated rings. The Kier molecular flexibility index (Phi) is 13.8. The first-order valence-electron chi connectivity index (χ1n) is 15.1. The number of hydrogen-bond donors (Lipinski definition) is 0. The van der Waals surface area contributed by atoms with Gasteiger partial charge >= 0.3 is 5.97 Å². The van der Waals surface area contributed by atoms with Crippen molar-refractivity contribution < 1.29 is 27.9 Å². The van der Waals surface area contributed by atoms with Crippen LogP contribution >= 0.6 is 0 Å². The van der Waals surface area contributed by atoms with Gasteiger partial charge in [0.05, 0.1) is 13.7 Å². The van der Waals surface area contributed by atoms with Crippen molar-refractivity contribution in [2.24, 2.45) is 0 Å². The van der Waals surface area contributed by atoms with E-state index in [-0.39, 0.29) is 28.9 Å². The molecule has 1 saturated heterocycles. The lowest BCUT2D eigenvalue weighted by molar-refractivity contribution is -0.171. The van der Waals surface area contributed by atoms with E-state index in [0.29, 0.717) is 0 Å². The minimum atomic E-state index is -2.35. The summed E-state index contributed by atoms with van der Waals surface area (Å²) < 4.78 is 24.7. The van der Waals surface area contributed by atoms with E-state index >= 15 is 0 Å². The van der Waals surface area contributed by atoms with E-state index in [1.54, 1.807) is 0 Å². The molecule has 3 atom stereocenters. The highest BCUT2D eigenvalue weighted by Crippen LogP contribution is 2.43. The van der Waals surface area contributed by atoms with Crippen molar-refractivity contribution in [3.05, 3.63) is 12.2 Å². The van der Waals surface area contributed by atoms with Gasteiger partial charge in [0.1, 0.15) is 12.2 Å². The van der Waals surface area contributed by atoms with Gasteiger partial charge in [-0.3, -0.25) is 4.79 Å². The average molecular weight is 585 g/mol. The number of methoxy groups -OCH3 is 1. The lowest BCUT2D eigenvalue weighted by atomic mass is 9.92. The fourth-order valence-electron chi connectivity index (χ4n) is 4.16. The number of rotatable bonds is 16. The Morgan fingerprint density at radius 1 is 0.897 bits per heavy atom. The number of ether oxygens (including phenoxy) is 2. The van der Waals surface area contributed by atoms with Crippen LogP contribution in [0.25, 0.3) is 0 Å². The molecule has 0 N–H and O–H groups in total. The number of ketones is 1. The van der Waals surface area contributed by atoms with Crippen LogP contribution in [-0.4, -0.2) is 59.9 Å². The van der Waals surface area contributed by atoms with Crippen LogP contribution in [0.2, 0.25) is 36.3 Å². The number of allylic oxidation sites excluding steroid dienone is 1. The summed E-state index contributed by atoms with van der Waals surface area (Å²) in [5, 5.41) is -0.103. The molecule has 0 aromatic heterocycles. The van der Waals surface area contributed by atoms with E-state index in [1.165, 1.54) is 45.6 Å². The second-order valence-corrected chi connectivity index (χ2v) is 23.9. The van der Waals surface area contributed by atoms with Crippen molar-refractivity contribution in [2.45, 2.75) is 160 Å². The Morgan fingerprint density at radius 2 is 1.44 bits per heavy atom. The van der Waals surface area contributed by atoms with Gasteiger partial charge in [-0.05, 0) is 49.1 Å². The molecule has 0 aromatic carbocycles. The average Bonchev–Trinajstić information content (AvgIpc) is 3.08. The molecule has 0 spiro atoms. The summed E-state index contributed by atoms with van der Waals surface area (Å²) in [5.74, 6) is -1.00. The molecule has 1 aliphatic heterocycles. The predicted molar refractivity (Wildman–Crippen MR) is 166 cm³/mol. The van der Waals surface area contributed by atoms with Crippen molar-refractivity contribution in [2.75, 3.05) is 13.7 Å². The first kappa shape index (κ1) is 36.2. The standard InChI is InChI=1S/C31H60O6Si2/c1-13-14-15-16-17-18-19-20-21-22-23-31(28(33)34-8)27(32)26(37-39(11,12)30(5,6)7)25(36-31)24-35-38(9,10)29(2,3)4/h21-22,25-26H,13-20,23-24H2,1-12H3/b22-21+/t25-,26-,31-/m1/s1. The molecule has 0 bridgehead atoms. The number of Topliss-reactive ketones (excluding diaryl/α,β-unsaturated/α-hetero) is 1. The molecule has 0 aliphatic carbocycles. The summed E-state index contributed by atoms with van der Waals surface area (Å²) in [6.07, 6.45) is 12.2. The summed E-state index contributed by atoms with van der Waals surface area (Å²) in [7, 11) is -3.16. The molecule has 1 heterocycles. The van der Waals surface area contributed by atoms with Crippen LogP contribution in [0.4, 0.5) is 0 Å². The van der Waals surface area contributed by atoms with Crippen LogP contribution in [0.15, 0.2) is 12.2 Å². The number of hydrogen-bond acceptors (Lipinski definition) is 6. The molecular formula is C31H60O6Si2. The first-order chi connectivity index (χ1) is 17.9. The van der Waals surface area contributed by atoms with Crippen molar-refractivity contribution in [1.82, 2.24) is 0 Å². The Bertz CT molecular complexity index is 809. The third kappa shape index (κ3) is 9.91. The van der Waals surface area contributed by atoms with Crippen LogP contribution in [0.5, 0.6) is 0 Å². The predicted octanol–water partition coefficient (Wildman–Crippen LogP) is 8.37. The molecule has 0 aromatic rings. The van der Waals surface area contributed by atoms with Crippen molar-refractivity contribution >= 4 is 28.4 Å². The maximum Gasteiger partial charge on any atom is 0.346 e. The molecule has 0 radical (unpaired) electrons. The molecule has 0 saturated carbocycles. The molecule has 228 valence electrons. The van der Waals surface area contributed by atoms with Crippen LogP contribution < -0.4 is 0 Å². The molecule has 8 heteroatoms. The van der Waals surface area contributed by atoms with Gasteiger partial charge in [-0.15, -0.1) is 0 Å². The molecule has 0 unspecified atom stereocenters. The van der Waals surface area contributed by atoms with Gasteiger partial charge in [-0.1, -0.05) is 99.1 Å². The minimum Gasteiger partial charge on any atom is -0.467 e. The summed E-state index contributed by atoms with van der Waals surface area (Å²) in [4.78, 5) is 27.2. The first-order valence-corrected chi connectivity index (χ1v) is 21.0. The Hall–Kier alpha value is -0.806. The maximum absolute atomic E-state index is 14.0. The SMILES string of the molecule is CCCCCCCCC/C=C/C[C@@]1(C(=O)OC)O[C@H](CO[Si](C)(C)C(C)(C)C)[C@@H](O[Si](C)(C)C(C)(C)C)C1=O. The van der Waals surface area contributed by atoms with E-state index < -0.39 is 40.4 Å². The quantitative estimate of drug-likeness (QED) is 0.0597. The zero-order valence-electron chi connectivity index (χ0n) is 27.3. The van der Waals surface area contributed by atoms with Crippen molar-refractivity contribution in [3.63, 3.8) is 0 Å². The largest absolute Gasteiger partial charge is 0.467 e. The van der Waals surface area contributed by atoms with Crippen LogP contribution in [0, 0.1) is 0 Å². The second kappa shape index (κ2) is 14.9. The third-order valence-corrected chi connectivity index (χ3v) is 18.0. The fraction of sp³-hybridized carbons (Fsp3) is 0.871. The minimum absolute atomic E-state index is 0.00355. The topological polar surface area (TPSA) is 71.1 Å². The Balaban J connectivity index is 3.12. The summed E-state index contributed by atoms with van der Waals surface area (Å²) in [6.45, 7) is 24.0. The van der Waals surface area contributed by atoms with Gasteiger partial charge in [-0.2, -0.15) is 0 Å². The normalized spacial score (nSPS) is 23.1. The second-order valence-electron chi connectivity index (χ2n) is 14.3.